The number of hydrogen-bond donors (Lipinski definition) is 0. The molecule has 3 aromatic heterocycles. The molecule has 10 aromatic carbocycles. The van der Waals surface area contributed by atoms with Crippen molar-refractivity contribution in [2.45, 2.75) is 0 Å². The standard InChI is InChI=1S/C62H42N4/c1-5-15-43(16-6-1)45-25-29-50(30-26-45)64(51-31-27-46(28-32-51)44-17-7-2-8-18-44)52-33-35-53(36-34-52)65-58-24-14-13-23-54(58)56-40-57-55-39-47-37-38-63(48-19-9-3-10-20-48)59(47)41-60(55)66(62(57)42-61(56)65)49-21-11-4-12-22-49/h1-42H. The lowest BCUT2D eigenvalue weighted by molar-refractivity contribution is 1.12. The smallest absolute Gasteiger partial charge is 0.0562 e. The maximum absolute atomic E-state index is 2.45. The third kappa shape index (κ3) is 6.22. The van der Waals surface area contributed by atoms with Gasteiger partial charge in [-0.1, -0.05) is 140 Å². The molecule has 0 aliphatic carbocycles. The molecule has 66 heavy (non-hydrogen) atoms. The van der Waals surface area contributed by atoms with Crippen molar-refractivity contribution in [3.63, 3.8) is 0 Å². The first-order valence-corrected chi connectivity index (χ1v) is 22.6. The summed E-state index contributed by atoms with van der Waals surface area (Å²) in [6.07, 6.45) is 2.19. The SMILES string of the molecule is c1ccc(-c2ccc(N(c3ccc(-c4ccccc4)cc3)c3ccc(-n4c5ccccc5c5cc6c7cc8ccn(-c9ccccc9)c8cc7n(-c7ccccc7)c6cc54)cc3)cc2)cc1. The Morgan fingerprint density at radius 3 is 1.24 bits per heavy atom. The van der Waals surface area contributed by atoms with Crippen molar-refractivity contribution in [3.8, 4) is 39.3 Å². The van der Waals surface area contributed by atoms with Gasteiger partial charge in [-0.25, -0.2) is 0 Å². The Morgan fingerprint density at radius 2 is 0.667 bits per heavy atom. The minimum atomic E-state index is 1.08. The molecule has 310 valence electrons. The van der Waals surface area contributed by atoms with Crippen molar-refractivity contribution in [1.29, 1.82) is 0 Å². The van der Waals surface area contributed by atoms with Gasteiger partial charge in [0.25, 0.3) is 0 Å². The first-order chi connectivity index (χ1) is 32.7. The number of nitrogens with zero attached hydrogens (tertiary/aromatic N) is 4. The second kappa shape index (κ2) is 15.4. The van der Waals surface area contributed by atoms with E-state index in [4.69, 9.17) is 0 Å². The lowest BCUT2D eigenvalue weighted by Crippen LogP contribution is -2.10. The van der Waals surface area contributed by atoms with Crippen LogP contribution in [0.15, 0.2) is 255 Å². The number of para-hydroxylation sites is 3. The summed E-state index contributed by atoms with van der Waals surface area (Å²) in [7, 11) is 0. The van der Waals surface area contributed by atoms with Gasteiger partial charge in [0.1, 0.15) is 0 Å². The van der Waals surface area contributed by atoms with E-state index in [1.165, 1.54) is 76.8 Å². The van der Waals surface area contributed by atoms with Gasteiger partial charge in [0, 0.05) is 67.3 Å². The first kappa shape index (κ1) is 37.7. The van der Waals surface area contributed by atoms with E-state index >= 15 is 0 Å². The maximum Gasteiger partial charge on any atom is 0.0562 e. The molecule has 0 atom stereocenters. The molecule has 13 rings (SSSR count). The van der Waals surface area contributed by atoms with Crippen LogP contribution in [0.5, 0.6) is 0 Å². The molecule has 0 N–H and O–H groups in total. The van der Waals surface area contributed by atoms with Gasteiger partial charge in [0.2, 0.25) is 0 Å². The molecule has 0 radical (unpaired) electrons. The molecular formula is C62H42N4. The van der Waals surface area contributed by atoms with Crippen LogP contribution in [-0.4, -0.2) is 13.7 Å². The van der Waals surface area contributed by atoms with Gasteiger partial charge < -0.3 is 18.6 Å². The minimum absolute atomic E-state index is 1.08. The van der Waals surface area contributed by atoms with Crippen LogP contribution in [0.1, 0.15) is 0 Å². The number of anilines is 3. The van der Waals surface area contributed by atoms with E-state index in [1.807, 2.05) is 0 Å². The molecule has 0 amide bonds. The van der Waals surface area contributed by atoms with Crippen molar-refractivity contribution in [2.24, 2.45) is 0 Å². The van der Waals surface area contributed by atoms with E-state index in [1.54, 1.807) is 0 Å². The molecule has 0 aliphatic heterocycles. The largest absolute Gasteiger partial charge is 0.316 e. The van der Waals surface area contributed by atoms with E-state index < -0.39 is 0 Å². The second-order valence-electron chi connectivity index (χ2n) is 17.0. The van der Waals surface area contributed by atoms with Crippen molar-refractivity contribution in [2.75, 3.05) is 4.90 Å². The summed E-state index contributed by atoms with van der Waals surface area (Å²) in [6.45, 7) is 0. The Kier molecular flexibility index (Phi) is 8.81. The van der Waals surface area contributed by atoms with E-state index in [9.17, 15) is 0 Å². The van der Waals surface area contributed by atoms with E-state index in [-0.39, 0.29) is 0 Å². The normalized spacial score (nSPS) is 11.6. The molecule has 0 unspecified atom stereocenters. The zero-order valence-electron chi connectivity index (χ0n) is 36.0. The van der Waals surface area contributed by atoms with Crippen LogP contribution >= 0.6 is 0 Å². The van der Waals surface area contributed by atoms with Crippen LogP contribution in [0, 0.1) is 0 Å². The Labute approximate surface area is 382 Å². The highest BCUT2D eigenvalue weighted by molar-refractivity contribution is 6.20. The number of benzene rings is 10. The topological polar surface area (TPSA) is 18.0 Å². The molecule has 0 aliphatic rings. The van der Waals surface area contributed by atoms with Crippen LogP contribution in [0.2, 0.25) is 0 Å². The highest BCUT2D eigenvalue weighted by Crippen LogP contribution is 2.42. The number of hydrogen-bond acceptors (Lipinski definition) is 1. The van der Waals surface area contributed by atoms with Crippen molar-refractivity contribution < 1.29 is 0 Å². The Morgan fingerprint density at radius 1 is 0.258 bits per heavy atom. The number of rotatable bonds is 8. The van der Waals surface area contributed by atoms with Crippen LogP contribution in [0.3, 0.4) is 0 Å². The Bertz CT molecular complexity index is 3780. The molecular weight excluding hydrogens is 801 g/mol. The van der Waals surface area contributed by atoms with Crippen LogP contribution in [0.4, 0.5) is 17.1 Å². The molecule has 0 bridgehead atoms. The van der Waals surface area contributed by atoms with Gasteiger partial charge in [-0.2, -0.15) is 0 Å². The summed E-state index contributed by atoms with van der Waals surface area (Å²) in [5.41, 5.74) is 17.3. The monoisotopic (exact) mass is 842 g/mol. The van der Waals surface area contributed by atoms with Gasteiger partial charge in [-0.15, -0.1) is 0 Å². The highest BCUT2D eigenvalue weighted by atomic mass is 15.1. The number of aromatic nitrogens is 3. The molecule has 4 nitrogen and oxygen atoms in total. The average Bonchev–Trinajstić information content (AvgIpc) is 4.06. The Balaban J connectivity index is 0.975. The van der Waals surface area contributed by atoms with Crippen molar-refractivity contribution in [3.05, 3.63) is 255 Å². The summed E-state index contributed by atoms with van der Waals surface area (Å²) >= 11 is 0. The zero-order chi connectivity index (χ0) is 43.6. The summed E-state index contributed by atoms with van der Waals surface area (Å²) in [5.74, 6) is 0. The first-order valence-electron chi connectivity index (χ1n) is 22.6. The Hall–Kier alpha value is -8.86. The molecule has 13 aromatic rings. The fourth-order valence-corrected chi connectivity index (χ4v) is 10.1. The zero-order valence-corrected chi connectivity index (χ0v) is 36.0. The predicted molar refractivity (Wildman–Crippen MR) is 278 cm³/mol. The van der Waals surface area contributed by atoms with Crippen LogP contribution in [-0.2, 0) is 0 Å². The molecule has 0 saturated carbocycles. The van der Waals surface area contributed by atoms with Gasteiger partial charge in [-0.05, 0) is 131 Å². The summed E-state index contributed by atoms with van der Waals surface area (Å²) in [4.78, 5) is 2.35. The van der Waals surface area contributed by atoms with Crippen molar-refractivity contribution in [1.82, 2.24) is 13.7 Å². The fourth-order valence-electron chi connectivity index (χ4n) is 10.1. The molecule has 0 fully saturated rings. The van der Waals surface area contributed by atoms with Gasteiger partial charge in [0.15, 0.2) is 0 Å². The average molecular weight is 843 g/mol. The molecule has 0 spiro atoms. The maximum atomic E-state index is 2.45. The van der Waals surface area contributed by atoms with Crippen LogP contribution < -0.4 is 4.90 Å². The second-order valence-corrected chi connectivity index (χ2v) is 17.0. The quantitative estimate of drug-likeness (QED) is 0.149. The van der Waals surface area contributed by atoms with Crippen molar-refractivity contribution >= 4 is 71.6 Å². The number of fused-ring (bicyclic) bond motifs is 7. The lowest BCUT2D eigenvalue weighted by Gasteiger charge is -2.26. The highest BCUT2D eigenvalue weighted by Gasteiger charge is 2.21. The summed E-state index contributed by atoms with van der Waals surface area (Å²) < 4.78 is 7.18. The molecule has 4 heteroatoms. The third-order valence-corrected chi connectivity index (χ3v) is 13.2. The molecule has 0 saturated heterocycles. The van der Waals surface area contributed by atoms with Gasteiger partial charge in [0.05, 0.1) is 27.6 Å². The summed E-state index contributed by atoms with van der Waals surface area (Å²) in [6, 6.07) is 90.1. The third-order valence-electron chi connectivity index (χ3n) is 13.2. The molecule has 3 heterocycles. The lowest BCUT2D eigenvalue weighted by atomic mass is 10.0. The van der Waals surface area contributed by atoms with E-state index in [2.05, 4.69) is 274 Å². The van der Waals surface area contributed by atoms with Gasteiger partial charge >= 0.3 is 0 Å². The van der Waals surface area contributed by atoms with Crippen LogP contribution in [0.25, 0.3) is 93.8 Å². The van der Waals surface area contributed by atoms with E-state index in [0.717, 1.165) is 34.1 Å². The van der Waals surface area contributed by atoms with Gasteiger partial charge in [-0.3, -0.25) is 0 Å². The summed E-state index contributed by atoms with van der Waals surface area (Å²) in [5, 5.41) is 6.16. The minimum Gasteiger partial charge on any atom is -0.316 e. The van der Waals surface area contributed by atoms with E-state index in [0.29, 0.717) is 0 Å². The fraction of sp³-hybridized carbons (Fsp3) is 0. The predicted octanol–water partition coefficient (Wildman–Crippen LogP) is 16.6.